The summed E-state index contributed by atoms with van der Waals surface area (Å²) in [5.41, 5.74) is 6.86. The fourth-order valence-electron chi connectivity index (χ4n) is 2.27. The number of amides is 1. The molecule has 2 aromatic carbocycles. The van der Waals surface area contributed by atoms with E-state index in [1.54, 1.807) is 6.07 Å². The molecule has 7 heteroatoms. The Balaban J connectivity index is 2.16. The first-order chi connectivity index (χ1) is 10.9. The molecule has 2 aromatic rings. The molecule has 1 amide bonds. The Labute approximate surface area is 142 Å². The van der Waals surface area contributed by atoms with Gasteiger partial charge in [-0.2, -0.15) is 0 Å². The Bertz CT molecular complexity index is 732. The molecule has 0 aromatic heterocycles. The van der Waals surface area contributed by atoms with Crippen molar-refractivity contribution >= 4 is 27.5 Å². The summed E-state index contributed by atoms with van der Waals surface area (Å²) < 4.78 is 1.00. The van der Waals surface area contributed by atoms with Crippen molar-refractivity contribution < 1.29 is 9.72 Å². The van der Waals surface area contributed by atoms with Gasteiger partial charge in [-0.1, -0.05) is 34.1 Å². The largest absolute Gasteiger partial charge is 0.366 e. The van der Waals surface area contributed by atoms with Crippen LogP contribution in [0.2, 0.25) is 0 Å². The molecule has 0 fully saturated rings. The molecule has 0 unspecified atom stereocenters. The van der Waals surface area contributed by atoms with Crippen LogP contribution in [-0.2, 0) is 13.1 Å². The van der Waals surface area contributed by atoms with Crippen LogP contribution in [0.4, 0.5) is 5.69 Å². The topological polar surface area (TPSA) is 89.5 Å². The van der Waals surface area contributed by atoms with Gasteiger partial charge in [0, 0.05) is 34.8 Å². The standard InChI is InChI=1S/C16H16BrN3O3/c1-19(9-11-2-6-14(17)7-3-11)10-13-5-4-12(16(18)21)8-15(13)20(22)23/h2-8H,9-10H2,1H3,(H2,18,21). The maximum absolute atomic E-state index is 11.2. The van der Waals surface area contributed by atoms with Crippen molar-refractivity contribution in [2.75, 3.05) is 7.05 Å². The number of rotatable bonds is 6. The van der Waals surface area contributed by atoms with Crippen molar-refractivity contribution in [2.24, 2.45) is 5.73 Å². The van der Waals surface area contributed by atoms with E-state index in [1.165, 1.54) is 12.1 Å². The van der Waals surface area contributed by atoms with Gasteiger partial charge < -0.3 is 5.73 Å². The SMILES string of the molecule is CN(Cc1ccc(Br)cc1)Cc1ccc(C(N)=O)cc1[N+](=O)[O-]. The molecular formula is C16H16BrN3O3. The van der Waals surface area contributed by atoms with E-state index in [4.69, 9.17) is 5.73 Å². The zero-order chi connectivity index (χ0) is 17.0. The van der Waals surface area contributed by atoms with Crippen molar-refractivity contribution in [2.45, 2.75) is 13.1 Å². The van der Waals surface area contributed by atoms with Gasteiger partial charge in [-0.05, 0) is 30.8 Å². The van der Waals surface area contributed by atoms with Crippen molar-refractivity contribution in [3.8, 4) is 0 Å². The third-order valence-corrected chi connectivity index (χ3v) is 3.90. The summed E-state index contributed by atoms with van der Waals surface area (Å²) in [6, 6.07) is 12.2. The van der Waals surface area contributed by atoms with Crippen LogP contribution >= 0.6 is 15.9 Å². The third kappa shape index (κ3) is 4.61. The van der Waals surface area contributed by atoms with E-state index >= 15 is 0 Å². The molecular weight excluding hydrogens is 362 g/mol. The van der Waals surface area contributed by atoms with Gasteiger partial charge in [0.15, 0.2) is 0 Å². The highest BCUT2D eigenvalue weighted by Crippen LogP contribution is 2.22. The maximum atomic E-state index is 11.2. The van der Waals surface area contributed by atoms with Gasteiger partial charge in [0.2, 0.25) is 5.91 Å². The second-order valence-electron chi connectivity index (χ2n) is 5.26. The number of carbonyl (C=O) groups is 1. The molecule has 120 valence electrons. The van der Waals surface area contributed by atoms with Gasteiger partial charge in [0.25, 0.3) is 5.69 Å². The minimum Gasteiger partial charge on any atom is -0.366 e. The molecule has 0 aliphatic heterocycles. The summed E-state index contributed by atoms with van der Waals surface area (Å²) in [6.45, 7) is 1.05. The number of primary amides is 1. The number of hydrogen-bond acceptors (Lipinski definition) is 4. The maximum Gasteiger partial charge on any atom is 0.274 e. The number of nitro benzene ring substituents is 1. The second kappa shape index (κ2) is 7.34. The number of nitrogens with zero attached hydrogens (tertiary/aromatic N) is 2. The highest BCUT2D eigenvalue weighted by Gasteiger charge is 2.17. The lowest BCUT2D eigenvalue weighted by Crippen LogP contribution is -2.18. The fourth-order valence-corrected chi connectivity index (χ4v) is 2.53. The lowest BCUT2D eigenvalue weighted by molar-refractivity contribution is -0.385. The molecule has 0 saturated heterocycles. The molecule has 23 heavy (non-hydrogen) atoms. The van der Waals surface area contributed by atoms with E-state index in [0.29, 0.717) is 18.7 Å². The second-order valence-corrected chi connectivity index (χ2v) is 6.18. The van der Waals surface area contributed by atoms with E-state index in [-0.39, 0.29) is 11.3 Å². The number of hydrogen-bond donors (Lipinski definition) is 1. The van der Waals surface area contributed by atoms with Crippen LogP contribution in [0.3, 0.4) is 0 Å². The monoisotopic (exact) mass is 377 g/mol. The summed E-state index contributed by atoms with van der Waals surface area (Å²) in [4.78, 5) is 23.8. The Hall–Kier alpha value is -2.25. The predicted octanol–water partition coefficient (Wildman–Crippen LogP) is 3.09. The molecule has 6 nitrogen and oxygen atoms in total. The normalized spacial score (nSPS) is 10.7. The smallest absolute Gasteiger partial charge is 0.274 e. The number of carbonyl (C=O) groups excluding carboxylic acids is 1. The first kappa shape index (κ1) is 17.1. The minimum absolute atomic E-state index is 0.0936. The van der Waals surface area contributed by atoms with E-state index in [0.717, 1.165) is 10.0 Å². The summed E-state index contributed by atoms with van der Waals surface area (Å²) in [5.74, 6) is -0.678. The van der Waals surface area contributed by atoms with E-state index in [9.17, 15) is 14.9 Å². The Morgan fingerprint density at radius 1 is 1.22 bits per heavy atom. The fraction of sp³-hybridized carbons (Fsp3) is 0.188. The number of benzene rings is 2. The van der Waals surface area contributed by atoms with Crippen LogP contribution < -0.4 is 5.73 Å². The number of nitrogens with two attached hydrogens (primary N) is 1. The van der Waals surface area contributed by atoms with E-state index in [1.807, 2.05) is 36.2 Å². The molecule has 0 spiro atoms. The van der Waals surface area contributed by atoms with Crippen molar-refractivity contribution in [1.29, 1.82) is 0 Å². The summed E-state index contributed by atoms with van der Waals surface area (Å²) >= 11 is 3.38. The first-order valence-electron chi connectivity index (χ1n) is 6.87. The Morgan fingerprint density at radius 3 is 2.43 bits per heavy atom. The highest BCUT2D eigenvalue weighted by molar-refractivity contribution is 9.10. The van der Waals surface area contributed by atoms with Crippen LogP contribution in [0.5, 0.6) is 0 Å². The number of halogens is 1. The molecule has 2 N–H and O–H groups in total. The van der Waals surface area contributed by atoms with E-state index in [2.05, 4.69) is 15.9 Å². The van der Waals surface area contributed by atoms with Gasteiger partial charge in [-0.15, -0.1) is 0 Å². The third-order valence-electron chi connectivity index (χ3n) is 3.37. The van der Waals surface area contributed by atoms with E-state index < -0.39 is 10.8 Å². The molecule has 0 bridgehead atoms. The Morgan fingerprint density at radius 2 is 1.87 bits per heavy atom. The molecule has 0 aliphatic rings. The van der Waals surface area contributed by atoms with Crippen LogP contribution in [0.15, 0.2) is 46.9 Å². The average Bonchev–Trinajstić information content (AvgIpc) is 2.49. The number of nitro groups is 1. The zero-order valence-electron chi connectivity index (χ0n) is 12.5. The van der Waals surface area contributed by atoms with Crippen LogP contribution in [0.25, 0.3) is 0 Å². The van der Waals surface area contributed by atoms with Crippen molar-refractivity contribution in [1.82, 2.24) is 4.90 Å². The quantitative estimate of drug-likeness (QED) is 0.618. The molecule has 0 saturated carbocycles. The molecule has 0 radical (unpaired) electrons. The van der Waals surface area contributed by atoms with Crippen LogP contribution in [-0.4, -0.2) is 22.8 Å². The first-order valence-corrected chi connectivity index (χ1v) is 7.66. The van der Waals surface area contributed by atoms with Crippen molar-refractivity contribution in [3.63, 3.8) is 0 Å². The van der Waals surface area contributed by atoms with Gasteiger partial charge in [0.1, 0.15) is 0 Å². The zero-order valence-corrected chi connectivity index (χ0v) is 14.1. The highest BCUT2D eigenvalue weighted by atomic mass is 79.9. The molecule has 0 heterocycles. The summed E-state index contributed by atoms with van der Waals surface area (Å²) in [7, 11) is 1.88. The van der Waals surface area contributed by atoms with Crippen LogP contribution in [0.1, 0.15) is 21.5 Å². The predicted molar refractivity (Wildman–Crippen MR) is 90.9 cm³/mol. The van der Waals surface area contributed by atoms with Gasteiger partial charge in [-0.3, -0.25) is 19.8 Å². The molecule has 0 aliphatic carbocycles. The molecule has 2 rings (SSSR count). The van der Waals surface area contributed by atoms with Crippen LogP contribution in [0, 0.1) is 10.1 Å². The van der Waals surface area contributed by atoms with Gasteiger partial charge >= 0.3 is 0 Å². The average molecular weight is 378 g/mol. The molecule has 0 atom stereocenters. The summed E-state index contributed by atoms with van der Waals surface area (Å²) in [5, 5.41) is 11.2. The van der Waals surface area contributed by atoms with Crippen molar-refractivity contribution in [3.05, 3.63) is 73.7 Å². The minimum atomic E-state index is -0.678. The summed E-state index contributed by atoms with van der Waals surface area (Å²) in [6.07, 6.45) is 0. The lowest BCUT2D eigenvalue weighted by Gasteiger charge is -2.17. The Kier molecular flexibility index (Phi) is 5.46. The lowest BCUT2D eigenvalue weighted by atomic mass is 10.1. The van der Waals surface area contributed by atoms with Gasteiger partial charge in [-0.25, -0.2) is 0 Å². The van der Waals surface area contributed by atoms with Gasteiger partial charge in [0.05, 0.1) is 4.92 Å².